The summed E-state index contributed by atoms with van der Waals surface area (Å²) in [5.74, 6) is 7.12. The van der Waals surface area contributed by atoms with Crippen molar-refractivity contribution >= 4 is 17.7 Å². The molecule has 2 N–H and O–H groups in total. The minimum absolute atomic E-state index is 0.209. The second-order valence-electron chi connectivity index (χ2n) is 4.41. The van der Waals surface area contributed by atoms with Crippen LogP contribution in [0.3, 0.4) is 0 Å². The Morgan fingerprint density at radius 1 is 1.05 bits per heavy atom. The highest BCUT2D eigenvalue weighted by atomic mass is 32.2. The fourth-order valence-corrected chi connectivity index (χ4v) is 2.50. The van der Waals surface area contributed by atoms with Crippen LogP contribution in [0.15, 0.2) is 58.2 Å². The number of hydrogen-bond donors (Lipinski definition) is 1. The topological polar surface area (TPSA) is 64.9 Å². The van der Waals surface area contributed by atoms with Crippen molar-refractivity contribution in [3.8, 4) is 23.3 Å². The van der Waals surface area contributed by atoms with Gasteiger partial charge in [-0.3, -0.25) is 0 Å². The SMILES string of the molecule is CSc1nc(N)nc(-c2ccco2)c1C#Cc1ccccc1. The van der Waals surface area contributed by atoms with E-state index in [1.807, 2.05) is 42.7 Å². The van der Waals surface area contributed by atoms with Gasteiger partial charge in [0.1, 0.15) is 10.7 Å². The maximum Gasteiger partial charge on any atom is 0.221 e. The molecule has 0 radical (unpaired) electrons. The number of anilines is 1. The quantitative estimate of drug-likeness (QED) is 0.446. The molecular formula is C17H13N3OS. The van der Waals surface area contributed by atoms with Gasteiger partial charge in [0.25, 0.3) is 0 Å². The van der Waals surface area contributed by atoms with Crippen LogP contribution in [0.5, 0.6) is 0 Å². The summed E-state index contributed by atoms with van der Waals surface area (Å²) in [6.45, 7) is 0. The van der Waals surface area contributed by atoms with Gasteiger partial charge in [0.15, 0.2) is 5.76 Å². The largest absolute Gasteiger partial charge is 0.463 e. The van der Waals surface area contributed by atoms with Gasteiger partial charge in [0.05, 0.1) is 11.8 Å². The highest BCUT2D eigenvalue weighted by Gasteiger charge is 2.15. The van der Waals surface area contributed by atoms with E-state index in [4.69, 9.17) is 10.2 Å². The first-order valence-electron chi connectivity index (χ1n) is 6.60. The van der Waals surface area contributed by atoms with Crippen LogP contribution in [0.2, 0.25) is 0 Å². The predicted molar refractivity (Wildman–Crippen MR) is 88.3 cm³/mol. The van der Waals surface area contributed by atoms with Crippen LogP contribution < -0.4 is 5.73 Å². The molecule has 4 nitrogen and oxygen atoms in total. The summed E-state index contributed by atoms with van der Waals surface area (Å²) in [5.41, 5.74) is 8.06. The summed E-state index contributed by atoms with van der Waals surface area (Å²) < 4.78 is 5.44. The van der Waals surface area contributed by atoms with E-state index < -0.39 is 0 Å². The summed E-state index contributed by atoms with van der Waals surface area (Å²) >= 11 is 1.48. The van der Waals surface area contributed by atoms with Crippen LogP contribution in [-0.4, -0.2) is 16.2 Å². The maximum atomic E-state index is 5.79. The molecule has 2 heterocycles. The number of nitrogens with zero attached hydrogens (tertiary/aromatic N) is 2. The molecular weight excluding hydrogens is 294 g/mol. The van der Waals surface area contributed by atoms with E-state index in [1.54, 1.807) is 12.3 Å². The Morgan fingerprint density at radius 3 is 2.55 bits per heavy atom. The van der Waals surface area contributed by atoms with Crippen molar-refractivity contribution in [1.29, 1.82) is 0 Å². The van der Waals surface area contributed by atoms with Gasteiger partial charge in [-0.05, 0) is 30.5 Å². The van der Waals surface area contributed by atoms with Gasteiger partial charge in [-0.2, -0.15) is 0 Å². The molecule has 0 atom stereocenters. The Labute approximate surface area is 132 Å². The zero-order chi connectivity index (χ0) is 15.4. The first kappa shape index (κ1) is 14.2. The third-order valence-electron chi connectivity index (χ3n) is 2.95. The van der Waals surface area contributed by atoms with Crippen LogP contribution >= 0.6 is 11.8 Å². The number of thioether (sulfide) groups is 1. The van der Waals surface area contributed by atoms with E-state index >= 15 is 0 Å². The molecule has 0 amide bonds. The minimum atomic E-state index is 0.209. The fourth-order valence-electron chi connectivity index (χ4n) is 1.96. The molecule has 0 bridgehead atoms. The van der Waals surface area contributed by atoms with Gasteiger partial charge in [-0.1, -0.05) is 30.0 Å². The number of benzene rings is 1. The molecule has 0 aliphatic heterocycles. The first-order chi connectivity index (χ1) is 10.8. The van der Waals surface area contributed by atoms with Crippen LogP contribution in [0, 0.1) is 11.8 Å². The van der Waals surface area contributed by atoms with Crippen molar-refractivity contribution in [2.75, 3.05) is 12.0 Å². The molecule has 108 valence electrons. The van der Waals surface area contributed by atoms with Gasteiger partial charge in [0.2, 0.25) is 5.95 Å². The molecule has 3 aromatic rings. The normalized spacial score (nSPS) is 10.0. The Hall–Kier alpha value is -2.71. The summed E-state index contributed by atoms with van der Waals surface area (Å²) in [5, 5.41) is 0.738. The smallest absolute Gasteiger partial charge is 0.221 e. The maximum absolute atomic E-state index is 5.79. The second-order valence-corrected chi connectivity index (χ2v) is 5.20. The second kappa shape index (κ2) is 6.37. The van der Waals surface area contributed by atoms with Gasteiger partial charge < -0.3 is 10.2 Å². The Morgan fingerprint density at radius 2 is 1.86 bits per heavy atom. The van der Waals surface area contributed by atoms with Crippen molar-refractivity contribution in [3.63, 3.8) is 0 Å². The number of nitrogens with two attached hydrogens (primary N) is 1. The molecule has 0 unspecified atom stereocenters. The zero-order valence-corrected chi connectivity index (χ0v) is 12.7. The van der Waals surface area contributed by atoms with Crippen molar-refractivity contribution in [1.82, 2.24) is 9.97 Å². The number of aromatic nitrogens is 2. The first-order valence-corrected chi connectivity index (χ1v) is 7.83. The van der Waals surface area contributed by atoms with Crippen LogP contribution in [0.25, 0.3) is 11.5 Å². The Bertz CT molecular complexity index is 834. The minimum Gasteiger partial charge on any atom is -0.463 e. The molecule has 0 saturated heterocycles. The van der Waals surface area contributed by atoms with Gasteiger partial charge in [-0.25, -0.2) is 9.97 Å². The van der Waals surface area contributed by atoms with Crippen molar-refractivity contribution in [2.45, 2.75) is 5.03 Å². The molecule has 0 fully saturated rings. The lowest BCUT2D eigenvalue weighted by atomic mass is 10.1. The predicted octanol–water partition coefficient (Wildman–Crippen LogP) is 3.44. The van der Waals surface area contributed by atoms with Gasteiger partial charge >= 0.3 is 0 Å². The van der Waals surface area contributed by atoms with E-state index in [2.05, 4.69) is 21.8 Å². The highest BCUT2D eigenvalue weighted by molar-refractivity contribution is 7.98. The number of hydrogen-bond acceptors (Lipinski definition) is 5. The molecule has 3 rings (SSSR count). The monoisotopic (exact) mass is 307 g/mol. The highest BCUT2D eigenvalue weighted by Crippen LogP contribution is 2.28. The summed E-state index contributed by atoms with van der Waals surface area (Å²) in [4.78, 5) is 8.55. The van der Waals surface area contributed by atoms with Crippen LogP contribution in [0.4, 0.5) is 5.95 Å². The summed E-state index contributed by atoms with van der Waals surface area (Å²) in [6, 6.07) is 13.4. The summed E-state index contributed by atoms with van der Waals surface area (Å²) in [6.07, 6.45) is 3.53. The van der Waals surface area contributed by atoms with Crippen molar-refractivity contribution in [3.05, 3.63) is 59.9 Å². The van der Waals surface area contributed by atoms with Crippen LogP contribution in [0.1, 0.15) is 11.1 Å². The van der Waals surface area contributed by atoms with E-state index in [-0.39, 0.29) is 5.95 Å². The molecule has 0 saturated carbocycles. The molecule has 0 aliphatic carbocycles. The molecule has 0 aliphatic rings. The Balaban J connectivity index is 2.15. The summed E-state index contributed by atoms with van der Waals surface area (Å²) in [7, 11) is 0. The average Bonchev–Trinajstić information content (AvgIpc) is 3.08. The van der Waals surface area contributed by atoms with E-state index in [0.29, 0.717) is 11.5 Å². The van der Waals surface area contributed by atoms with Gasteiger partial charge in [-0.15, -0.1) is 11.8 Å². The lowest BCUT2D eigenvalue weighted by molar-refractivity contribution is 0.579. The standard InChI is InChI=1S/C17H13N3OS/c1-22-16-13(10-9-12-6-3-2-4-7-12)15(19-17(18)20-16)14-8-5-11-21-14/h2-8,11H,1H3,(H2,18,19,20). The average molecular weight is 307 g/mol. The molecule has 1 aromatic carbocycles. The molecule has 22 heavy (non-hydrogen) atoms. The third kappa shape index (κ3) is 2.97. The van der Waals surface area contributed by atoms with Crippen LogP contribution in [-0.2, 0) is 0 Å². The number of nitrogen functional groups attached to an aromatic ring is 1. The van der Waals surface area contributed by atoms with Crippen molar-refractivity contribution in [2.24, 2.45) is 0 Å². The van der Waals surface area contributed by atoms with E-state index in [0.717, 1.165) is 16.2 Å². The van der Waals surface area contributed by atoms with Crippen molar-refractivity contribution < 1.29 is 4.42 Å². The third-order valence-corrected chi connectivity index (χ3v) is 3.63. The lowest BCUT2D eigenvalue weighted by Gasteiger charge is -2.06. The molecule has 0 spiro atoms. The van der Waals surface area contributed by atoms with E-state index in [9.17, 15) is 0 Å². The number of rotatable bonds is 2. The fraction of sp³-hybridized carbons (Fsp3) is 0.0588. The Kier molecular flexibility index (Phi) is 4.12. The molecule has 2 aromatic heterocycles. The van der Waals surface area contributed by atoms with Gasteiger partial charge in [0, 0.05) is 5.56 Å². The molecule has 5 heteroatoms. The lowest BCUT2D eigenvalue weighted by Crippen LogP contribution is -2.01. The van der Waals surface area contributed by atoms with E-state index in [1.165, 1.54) is 11.8 Å². The zero-order valence-electron chi connectivity index (χ0n) is 11.9. The number of furan rings is 1.